The predicted octanol–water partition coefficient (Wildman–Crippen LogP) is 3.66. The molecule has 1 aromatic carbocycles. The van der Waals surface area contributed by atoms with Crippen LogP contribution in [0, 0.1) is 5.92 Å². The molecule has 0 spiro atoms. The van der Waals surface area contributed by atoms with Crippen molar-refractivity contribution in [2.45, 2.75) is 45.0 Å². The molecule has 0 amide bonds. The van der Waals surface area contributed by atoms with Crippen molar-refractivity contribution >= 4 is 19.7 Å². The van der Waals surface area contributed by atoms with Crippen molar-refractivity contribution < 1.29 is 18.7 Å². The molecule has 4 rings (SSSR count). The van der Waals surface area contributed by atoms with Gasteiger partial charge in [0.2, 0.25) is 0 Å². The number of morpholine rings is 1. The molecule has 1 saturated heterocycles. The molecule has 0 N–H and O–H groups in total. The van der Waals surface area contributed by atoms with Gasteiger partial charge in [0.15, 0.2) is 14.4 Å². The number of benzene rings is 1. The average Bonchev–Trinajstić information content (AvgIpc) is 3.09. The SMILES string of the molecule is CC(C)(C)[Si](C)(C)OCC1ON=C2c3ccc(N4CCOCC4)cc3OCC21. The highest BCUT2D eigenvalue weighted by atomic mass is 28.4. The van der Waals surface area contributed by atoms with Gasteiger partial charge in [0.05, 0.1) is 25.7 Å². The number of anilines is 1. The molecule has 2 atom stereocenters. The second-order valence-corrected chi connectivity index (χ2v) is 14.2. The van der Waals surface area contributed by atoms with Crippen LogP contribution in [0.3, 0.4) is 0 Å². The zero-order valence-corrected chi connectivity index (χ0v) is 18.7. The third-order valence-electron chi connectivity index (χ3n) is 6.54. The van der Waals surface area contributed by atoms with E-state index in [1.54, 1.807) is 0 Å². The van der Waals surface area contributed by atoms with Gasteiger partial charge in [-0.15, -0.1) is 0 Å². The van der Waals surface area contributed by atoms with Crippen LogP contribution in [0.5, 0.6) is 5.75 Å². The topological polar surface area (TPSA) is 52.5 Å². The van der Waals surface area contributed by atoms with Gasteiger partial charge in [0.25, 0.3) is 0 Å². The summed E-state index contributed by atoms with van der Waals surface area (Å²) in [7, 11) is -1.81. The first-order chi connectivity index (χ1) is 13.3. The number of ether oxygens (including phenoxy) is 2. The van der Waals surface area contributed by atoms with Crippen LogP contribution in [0.25, 0.3) is 0 Å². The summed E-state index contributed by atoms with van der Waals surface area (Å²) in [5, 5.41) is 4.61. The molecule has 7 heteroatoms. The van der Waals surface area contributed by atoms with Crippen molar-refractivity contribution in [1.29, 1.82) is 0 Å². The Labute approximate surface area is 168 Å². The molecule has 3 aliphatic heterocycles. The maximum Gasteiger partial charge on any atom is 0.192 e. The van der Waals surface area contributed by atoms with Gasteiger partial charge in [-0.1, -0.05) is 25.9 Å². The highest BCUT2D eigenvalue weighted by Crippen LogP contribution is 2.39. The maximum absolute atomic E-state index is 6.38. The van der Waals surface area contributed by atoms with E-state index in [1.807, 2.05) is 0 Å². The van der Waals surface area contributed by atoms with Crippen LogP contribution in [-0.4, -0.2) is 59.7 Å². The summed E-state index contributed by atoms with van der Waals surface area (Å²) in [5.41, 5.74) is 3.22. The van der Waals surface area contributed by atoms with E-state index in [-0.39, 0.29) is 17.1 Å². The van der Waals surface area contributed by atoms with E-state index in [4.69, 9.17) is 18.7 Å². The first kappa shape index (κ1) is 19.7. The minimum atomic E-state index is -1.81. The highest BCUT2D eigenvalue weighted by molar-refractivity contribution is 6.74. The van der Waals surface area contributed by atoms with Crippen molar-refractivity contribution in [3.05, 3.63) is 23.8 Å². The van der Waals surface area contributed by atoms with Gasteiger partial charge in [-0.3, -0.25) is 0 Å². The van der Waals surface area contributed by atoms with Crippen molar-refractivity contribution in [3.63, 3.8) is 0 Å². The summed E-state index contributed by atoms with van der Waals surface area (Å²) in [6, 6.07) is 6.39. The summed E-state index contributed by atoms with van der Waals surface area (Å²) >= 11 is 0. The summed E-state index contributed by atoms with van der Waals surface area (Å²) < 4.78 is 18.0. The molecular formula is C21H32N2O4Si. The van der Waals surface area contributed by atoms with Crippen molar-refractivity contribution in [2.75, 3.05) is 44.4 Å². The number of fused-ring (bicyclic) bond motifs is 3. The molecule has 1 aromatic rings. The van der Waals surface area contributed by atoms with Crippen LogP contribution in [0.15, 0.2) is 23.4 Å². The number of oxime groups is 1. The van der Waals surface area contributed by atoms with E-state index in [0.717, 1.165) is 43.3 Å². The second kappa shape index (κ2) is 7.35. The van der Waals surface area contributed by atoms with Crippen molar-refractivity contribution in [1.82, 2.24) is 0 Å². The smallest absolute Gasteiger partial charge is 0.192 e. The summed E-state index contributed by atoms with van der Waals surface area (Å²) in [6.07, 6.45) is -0.0730. The molecule has 0 aliphatic carbocycles. The Morgan fingerprint density at radius 1 is 1.21 bits per heavy atom. The summed E-state index contributed by atoms with van der Waals surface area (Å²) in [5.74, 6) is 1.03. The molecule has 28 heavy (non-hydrogen) atoms. The van der Waals surface area contributed by atoms with E-state index >= 15 is 0 Å². The normalized spacial score (nSPS) is 24.8. The Balaban J connectivity index is 1.45. The van der Waals surface area contributed by atoms with Crippen LogP contribution in [0.4, 0.5) is 5.69 Å². The monoisotopic (exact) mass is 404 g/mol. The molecule has 0 saturated carbocycles. The minimum Gasteiger partial charge on any atom is -0.492 e. The molecule has 1 fully saturated rings. The van der Waals surface area contributed by atoms with Crippen LogP contribution >= 0.6 is 0 Å². The first-order valence-electron chi connectivity index (χ1n) is 10.2. The quantitative estimate of drug-likeness (QED) is 0.717. The first-order valence-corrected chi connectivity index (χ1v) is 13.1. The standard InChI is InChI=1S/C21H32N2O4Si/c1-21(2,3)28(4,5)26-14-19-17-13-25-18-12-15(23-8-10-24-11-9-23)6-7-16(18)20(17)22-27-19/h6-7,12,17,19H,8-11,13-14H2,1-5H3. The number of hydrogen-bond donors (Lipinski definition) is 0. The van der Waals surface area contributed by atoms with Gasteiger partial charge in [0, 0.05) is 30.4 Å². The van der Waals surface area contributed by atoms with E-state index in [2.05, 4.69) is 62.1 Å². The van der Waals surface area contributed by atoms with Crippen molar-refractivity contribution in [2.24, 2.45) is 11.1 Å². The minimum absolute atomic E-state index is 0.0730. The fourth-order valence-electron chi connectivity index (χ4n) is 3.57. The molecule has 154 valence electrons. The molecule has 0 aromatic heterocycles. The Hall–Kier alpha value is -1.57. The number of hydrogen-bond acceptors (Lipinski definition) is 6. The fourth-order valence-corrected chi connectivity index (χ4v) is 4.58. The maximum atomic E-state index is 6.38. The van der Waals surface area contributed by atoms with Gasteiger partial charge >= 0.3 is 0 Å². The van der Waals surface area contributed by atoms with Crippen LogP contribution in [0.1, 0.15) is 26.3 Å². The Kier molecular flexibility index (Phi) is 5.18. The number of rotatable bonds is 4. The molecule has 2 unspecified atom stereocenters. The molecular weight excluding hydrogens is 372 g/mol. The Morgan fingerprint density at radius 2 is 1.96 bits per heavy atom. The fraction of sp³-hybridized carbons (Fsp3) is 0.667. The van der Waals surface area contributed by atoms with Gasteiger partial charge in [-0.05, 0) is 30.3 Å². The van der Waals surface area contributed by atoms with Gasteiger partial charge in [-0.2, -0.15) is 0 Å². The average molecular weight is 405 g/mol. The molecule has 3 heterocycles. The van der Waals surface area contributed by atoms with E-state index < -0.39 is 8.32 Å². The third-order valence-corrected chi connectivity index (χ3v) is 11.0. The van der Waals surface area contributed by atoms with Gasteiger partial charge in [0.1, 0.15) is 18.1 Å². The Bertz CT molecular complexity index is 753. The Morgan fingerprint density at radius 3 is 2.68 bits per heavy atom. The second-order valence-electron chi connectivity index (χ2n) is 9.39. The predicted molar refractivity (Wildman–Crippen MR) is 113 cm³/mol. The summed E-state index contributed by atoms with van der Waals surface area (Å²) in [6.45, 7) is 15.8. The van der Waals surface area contributed by atoms with Crippen LogP contribution < -0.4 is 9.64 Å². The zero-order chi connectivity index (χ0) is 19.9. The lowest BCUT2D eigenvalue weighted by atomic mass is 9.90. The lowest BCUT2D eigenvalue weighted by molar-refractivity contribution is 0.0120. The largest absolute Gasteiger partial charge is 0.492 e. The molecule has 3 aliphatic rings. The van der Waals surface area contributed by atoms with Crippen molar-refractivity contribution in [3.8, 4) is 5.75 Å². The zero-order valence-electron chi connectivity index (χ0n) is 17.7. The highest BCUT2D eigenvalue weighted by Gasteiger charge is 2.43. The lowest BCUT2D eigenvalue weighted by Gasteiger charge is -2.37. The molecule has 0 radical (unpaired) electrons. The van der Waals surface area contributed by atoms with E-state index in [0.29, 0.717) is 13.2 Å². The lowest BCUT2D eigenvalue weighted by Crippen LogP contribution is -2.45. The van der Waals surface area contributed by atoms with Crippen LogP contribution in [0.2, 0.25) is 18.1 Å². The number of nitrogens with zero attached hydrogens (tertiary/aromatic N) is 2. The summed E-state index contributed by atoms with van der Waals surface area (Å²) in [4.78, 5) is 8.13. The molecule has 6 nitrogen and oxygen atoms in total. The third kappa shape index (κ3) is 3.67. The molecule has 0 bridgehead atoms. The van der Waals surface area contributed by atoms with E-state index in [9.17, 15) is 0 Å². The van der Waals surface area contributed by atoms with Gasteiger partial charge in [-0.25, -0.2) is 0 Å². The van der Waals surface area contributed by atoms with Crippen LogP contribution in [-0.2, 0) is 14.0 Å². The van der Waals surface area contributed by atoms with Gasteiger partial charge < -0.3 is 23.6 Å². The van der Waals surface area contributed by atoms with E-state index in [1.165, 1.54) is 5.69 Å².